The van der Waals surface area contributed by atoms with Crippen LogP contribution in [0.3, 0.4) is 0 Å². The highest BCUT2D eigenvalue weighted by atomic mass is 16.5. The minimum Gasteiger partial charge on any atom is -0.497 e. The third kappa shape index (κ3) is 5.74. The summed E-state index contributed by atoms with van der Waals surface area (Å²) < 4.78 is 5.18. The third-order valence-electron chi connectivity index (χ3n) is 4.59. The van der Waals surface area contributed by atoms with E-state index in [1.807, 2.05) is 54.3 Å². The smallest absolute Gasteiger partial charge is 0.243 e. The minimum atomic E-state index is -0.403. The fourth-order valence-electron chi connectivity index (χ4n) is 3.03. The lowest BCUT2D eigenvalue weighted by molar-refractivity contribution is -0.118. The summed E-state index contributed by atoms with van der Waals surface area (Å²) in [5.41, 5.74) is 9.10. The van der Waals surface area contributed by atoms with Gasteiger partial charge in [0.15, 0.2) is 0 Å². The van der Waals surface area contributed by atoms with Gasteiger partial charge in [-0.2, -0.15) is 0 Å². The van der Waals surface area contributed by atoms with Gasteiger partial charge in [-0.3, -0.25) is 9.59 Å². The summed E-state index contributed by atoms with van der Waals surface area (Å²) in [4.78, 5) is 25.9. The van der Waals surface area contributed by atoms with Crippen molar-refractivity contribution in [3.63, 3.8) is 0 Å². The Balaban J connectivity index is 2.19. The van der Waals surface area contributed by atoms with Gasteiger partial charge in [-0.05, 0) is 48.2 Å². The molecule has 6 nitrogen and oxygen atoms in total. The van der Waals surface area contributed by atoms with Gasteiger partial charge in [-0.25, -0.2) is 0 Å². The summed E-state index contributed by atoms with van der Waals surface area (Å²) >= 11 is 0. The minimum absolute atomic E-state index is 0.117. The monoisotopic (exact) mass is 383 g/mol. The number of para-hydroxylation sites is 1. The quantitative estimate of drug-likeness (QED) is 0.695. The molecule has 2 aromatic rings. The van der Waals surface area contributed by atoms with Crippen LogP contribution in [0.1, 0.15) is 37.3 Å². The van der Waals surface area contributed by atoms with Crippen molar-refractivity contribution in [2.45, 2.75) is 33.1 Å². The summed E-state index contributed by atoms with van der Waals surface area (Å²) in [7, 11) is 1.60. The predicted octanol–water partition coefficient (Wildman–Crippen LogP) is 3.45. The first-order chi connectivity index (χ1) is 13.3. The molecule has 0 unspecified atom stereocenters. The van der Waals surface area contributed by atoms with Crippen LogP contribution < -0.4 is 20.7 Å². The Kier molecular flexibility index (Phi) is 7.44. The average molecular weight is 383 g/mol. The summed E-state index contributed by atoms with van der Waals surface area (Å²) in [5, 5.41) is 3.05. The fourth-order valence-corrected chi connectivity index (χ4v) is 3.03. The SMILES string of the molecule is COc1ccc(N(CCC(N)=O)CC(=O)Nc2c(C)cccc2C(C)C)cc1. The first kappa shape index (κ1) is 21.3. The molecule has 0 saturated heterocycles. The van der Waals surface area contributed by atoms with E-state index >= 15 is 0 Å². The second kappa shape index (κ2) is 9.78. The van der Waals surface area contributed by atoms with Gasteiger partial charge in [0.2, 0.25) is 11.8 Å². The molecule has 150 valence electrons. The highest BCUT2D eigenvalue weighted by Crippen LogP contribution is 2.27. The molecule has 0 bridgehead atoms. The number of aryl methyl sites for hydroxylation is 1. The molecule has 3 N–H and O–H groups in total. The van der Waals surface area contributed by atoms with Gasteiger partial charge in [0, 0.05) is 24.3 Å². The molecule has 0 fully saturated rings. The van der Waals surface area contributed by atoms with Crippen LogP contribution in [0, 0.1) is 6.92 Å². The second-order valence-corrected chi connectivity index (χ2v) is 7.08. The van der Waals surface area contributed by atoms with Crippen molar-refractivity contribution < 1.29 is 14.3 Å². The lowest BCUT2D eigenvalue weighted by Crippen LogP contribution is -2.36. The molecule has 0 aliphatic carbocycles. The number of hydrogen-bond donors (Lipinski definition) is 2. The molecule has 0 radical (unpaired) electrons. The first-order valence-corrected chi connectivity index (χ1v) is 9.38. The van der Waals surface area contributed by atoms with Crippen LogP contribution in [-0.2, 0) is 9.59 Å². The van der Waals surface area contributed by atoms with E-state index < -0.39 is 5.91 Å². The third-order valence-corrected chi connectivity index (χ3v) is 4.59. The first-order valence-electron chi connectivity index (χ1n) is 9.38. The van der Waals surface area contributed by atoms with E-state index in [2.05, 4.69) is 19.2 Å². The van der Waals surface area contributed by atoms with Crippen LogP contribution >= 0.6 is 0 Å². The molecular weight excluding hydrogens is 354 g/mol. The van der Waals surface area contributed by atoms with Crippen molar-refractivity contribution in [3.8, 4) is 5.75 Å². The van der Waals surface area contributed by atoms with Crippen LogP contribution in [0.25, 0.3) is 0 Å². The number of ether oxygens (including phenoxy) is 1. The summed E-state index contributed by atoms with van der Waals surface area (Å²) in [5.74, 6) is 0.476. The zero-order chi connectivity index (χ0) is 20.7. The summed E-state index contributed by atoms with van der Waals surface area (Å²) in [6.07, 6.45) is 0.168. The van der Waals surface area contributed by atoms with Crippen LogP contribution in [0.2, 0.25) is 0 Å². The van der Waals surface area contributed by atoms with Crippen molar-refractivity contribution in [3.05, 3.63) is 53.6 Å². The largest absolute Gasteiger partial charge is 0.497 e. The van der Waals surface area contributed by atoms with E-state index in [1.54, 1.807) is 7.11 Å². The molecule has 0 heterocycles. The molecule has 0 saturated carbocycles. The predicted molar refractivity (Wildman–Crippen MR) is 113 cm³/mol. The van der Waals surface area contributed by atoms with Gasteiger partial charge < -0.3 is 20.7 Å². The Hall–Kier alpha value is -3.02. The van der Waals surface area contributed by atoms with E-state index in [0.29, 0.717) is 12.5 Å². The number of amides is 2. The molecule has 0 spiro atoms. The number of anilines is 2. The summed E-state index contributed by atoms with van der Waals surface area (Å²) in [6.45, 7) is 6.66. The Morgan fingerprint density at radius 1 is 1.14 bits per heavy atom. The highest BCUT2D eigenvalue weighted by molar-refractivity contribution is 5.95. The number of rotatable bonds is 9. The molecule has 0 atom stereocenters. The number of nitrogens with two attached hydrogens (primary N) is 1. The van der Waals surface area contributed by atoms with Gasteiger partial charge in [0.1, 0.15) is 5.75 Å². The van der Waals surface area contributed by atoms with E-state index in [4.69, 9.17) is 10.5 Å². The van der Waals surface area contributed by atoms with Crippen molar-refractivity contribution in [2.24, 2.45) is 5.73 Å². The Morgan fingerprint density at radius 2 is 1.82 bits per heavy atom. The number of nitrogens with one attached hydrogen (secondary N) is 1. The van der Waals surface area contributed by atoms with Gasteiger partial charge in [-0.15, -0.1) is 0 Å². The topological polar surface area (TPSA) is 84.7 Å². The van der Waals surface area contributed by atoms with Crippen LogP contribution in [-0.4, -0.2) is 32.0 Å². The fraction of sp³-hybridized carbons (Fsp3) is 0.364. The van der Waals surface area contributed by atoms with Crippen molar-refractivity contribution in [1.82, 2.24) is 0 Å². The molecule has 2 amide bonds. The number of nitrogens with zero attached hydrogens (tertiary/aromatic N) is 1. The maximum absolute atomic E-state index is 12.8. The Bertz CT molecular complexity index is 816. The average Bonchev–Trinajstić information content (AvgIpc) is 2.66. The van der Waals surface area contributed by atoms with Gasteiger partial charge in [0.25, 0.3) is 0 Å². The normalized spacial score (nSPS) is 10.6. The molecule has 2 rings (SSSR count). The molecule has 0 aliphatic rings. The van der Waals surface area contributed by atoms with E-state index in [1.165, 1.54) is 0 Å². The van der Waals surface area contributed by atoms with Crippen LogP contribution in [0.4, 0.5) is 11.4 Å². The second-order valence-electron chi connectivity index (χ2n) is 7.08. The van der Waals surface area contributed by atoms with Crippen molar-refractivity contribution >= 4 is 23.2 Å². The van der Waals surface area contributed by atoms with Crippen LogP contribution in [0.15, 0.2) is 42.5 Å². The standard InChI is InChI=1S/C22H29N3O3/c1-15(2)19-7-5-6-16(3)22(19)24-21(27)14-25(13-12-20(23)26)17-8-10-18(28-4)11-9-17/h5-11,15H,12-14H2,1-4H3,(H2,23,26)(H,24,27). The number of benzene rings is 2. The summed E-state index contributed by atoms with van der Waals surface area (Å²) in [6, 6.07) is 13.4. The maximum atomic E-state index is 12.8. The molecular formula is C22H29N3O3. The lowest BCUT2D eigenvalue weighted by Gasteiger charge is -2.25. The van der Waals surface area contributed by atoms with Crippen LogP contribution in [0.5, 0.6) is 5.75 Å². The number of hydrogen-bond acceptors (Lipinski definition) is 4. The zero-order valence-electron chi connectivity index (χ0n) is 17.0. The zero-order valence-corrected chi connectivity index (χ0v) is 17.0. The number of methoxy groups -OCH3 is 1. The molecule has 2 aromatic carbocycles. The van der Waals surface area contributed by atoms with Gasteiger partial charge >= 0.3 is 0 Å². The van der Waals surface area contributed by atoms with Crippen molar-refractivity contribution in [2.75, 3.05) is 30.4 Å². The van der Waals surface area contributed by atoms with E-state index in [9.17, 15) is 9.59 Å². The van der Waals surface area contributed by atoms with E-state index in [-0.39, 0.29) is 18.9 Å². The molecule has 0 aromatic heterocycles. The lowest BCUT2D eigenvalue weighted by atomic mass is 9.98. The molecule has 28 heavy (non-hydrogen) atoms. The number of primary amides is 1. The van der Waals surface area contributed by atoms with Crippen molar-refractivity contribution in [1.29, 1.82) is 0 Å². The number of carbonyl (C=O) groups is 2. The highest BCUT2D eigenvalue weighted by Gasteiger charge is 2.16. The maximum Gasteiger partial charge on any atom is 0.243 e. The van der Waals surface area contributed by atoms with Gasteiger partial charge in [0.05, 0.1) is 13.7 Å². The Labute approximate surface area is 166 Å². The molecule has 0 aliphatic heterocycles. The van der Waals surface area contributed by atoms with E-state index in [0.717, 1.165) is 28.3 Å². The van der Waals surface area contributed by atoms with Gasteiger partial charge in [-0.1, -0.05) is 32.0 Å². The Morgan fingerprint density at radius 3 is 2.39 bits per heavy atom. The number of carbonyl (C=O) groups excluding carboxylic acids is 2. The molecule has 6 heteroatoms.